The van der Waals surface area contributed by atoms with E-state index in [1.54, 1.807) is 12.4 Å². The summed E-state index contributed by atoms with van der Waals surface area (Å²) in [5.41, 5.74) is -0.240. The number of rotatable bonds is 3. The summed E-state index contributed by atoms with van der Waals surface area (Å²) in [5.74, 6) is 1.20. The van der Waals surface area contributed by atoms with E-state index in [1.165, 1.54) is 0 Å². The number of hydrogen-bond donors (Lipinski definition) is 0. The molecule has 1 saturated carbocycles. The summed E-state index contributed by atoms with van der Waals surface area (Å²) < 4.78 is 5.51. The molecule has 1 aliphatic rings. The summed E-state index contributed by atoms with van der Waals surface area (Å²) >= 11 is 0. The van der Waals surface area contributed by atoms with Gasteiger partial charge in [-0.15, -0.1) is 0 Å². The highest BCUT2D eigenvalue weighted by atomic mass is 16.5. The van der Waals surface area contributed by atoms with E-state index in [9.17, 15) is 0 Å². The third kappa shape index (κ3) is 1.56. The molecule has 2 rings (SSSR count). The third-order valence-corrected chi connectivity index (χ3v) is 2.81. The molecule has 2 unspecified atom stereocenters. The molecule has 3 heteroatoms. The first kappa shape index (κ1) is 9.01. The Morgan fingerprint density at radius 1 is 1.79 bits per heavy atom. The van der Waals surface area contributed by atoms with Crippen molar-refractivity contribution in [2.45, 2.75) is 13.3 Å². The minimum Gasteiger partial charge on any atom is -0.490 e. The minimum absolute atomic E-state index is 0.240. The minimum atomic E-state index is -0.240. The Labute approximate surface area is 83.3 Å². The van der Waals surface area contributed by atoms with Crippen LogP contribution in [-0.2, 0) is 0 Å². The number of nitriles is 1. The fourth-order valence-electron chi connectivity index (χ4n) is 1.52. The zero-order valence-electron chi connectivity index (χ0n) is 8.10. The molecule has 3 nitrogen and oxygen atoms in total. The van der Waals surface area contributed by atoms with Crippen LogP contribution in [0.15, 0.2) is 24.5 Å². The van der Waals surface area contributed by atoms with E-state index in [-0.39, 0.29) is 5.41 Å². The first-order valence-electron chi connectivity index (χ1n) is 4.71. The van der Waals surface area contributed by atoms with E-state index in [1.807, 2.05) is 12.1 Å². The molecule has 0 bridgehead atoms. The van der Waals surface area contributed by atoms with Crippen molar-refractivity contribution in [1.82, 2.24) is 4.98 Å². The molecule has 0 spiro atoms. The Morgan fingerprint density at radius 2 is 2.57 bits per heavy atom. The van der Waals surface area contributed by atoms with Gasteiger partial charge in [-0.05, 0) is 24.5 Å². The summed E-state index contributed by atoms with van der Waals surface area (Å²) in [5, 5.41) is 8.96. The lowest BCUT2D eigenvalue weighted by atomic mass is 10.1. The molecule has 1 aromatic rings. The SMILES string of the molecule is CC1CC1(C#N)COc1cccnc1. The maximum Gasteiger partial charge on any atom is 0.137 e. The highest BCUT2D eigenvalue weighted by Gasteiger charge is 2.52. The first-order chi connectivity index (χ1) is 6.77. The van der Waals surface area contributed by atoms with Crippen molar-refractivity contribution in [2.75, 3.05) is 6.61 Å². The van der Waals surface area contributed by atoms with E-state index < -0.39 is 0 Å². The van der Waals surface area contributed by atoms with E-state index in [2.05, 4.69) is 18.0 Å². The van der Waals surface area contributed by atoms with Crippen LogP contribution in [0, 0.1) is 22.7 Å². The standard InChI is InChI=1S/C11H12N2O/c1-9-5-11(9,7-12)8-14-10-3-2-4-13-6-10/h2-4,6,9H,5,8H2,1H3. The van der Waals surface area contributed by atoms with Gasteiger partial charge in [0.05, 0.1) is 17.7 Å². The molecule has 0 saturated heterocycles. The van der Waals surface area contributed by atoms with Gasteiger partial charge in [0.1, 0.15) is 12.4 Å². The van der Waals surface area contributed by atoms with Crippen molar-refractivity contribution in [3.05, 3.63) is 24.5 Å². The van der Waals surface area contributed by atoms with Gasteiger partial charge in [-0.3, -0.25) is 4.98 Å². The summed E-state index contributed by atoms with van der Waals surface area (Å²) in [4.78, 5) is 3.94. The van der Waals surface area contributed by atoms with Crippen molar-refractivity contribution < 1.29 is 4.74 Å². The average Bonchev–Trinajstić information content (AvgIpc) is 2.89. The zero-order chi connectivity index (χ0) is 10.0. The second kappa shape index (κ2) is 3.30. The lowest BCUT2D eigenvalue weighted by Crippen LogP contribution is -2.12. The van der Waals surface area contributed by atoms with Crippen LogP contribution >= 0.6 is 0 Å². The topological polar surface area (TPSA) is 45.9 Å². The van der Waals surface area contributed by atoms with Crippen LogP contribution in [0.4, 0.5) is 0 Å². The van der Waals surface area contributed by atoms with Gasteiger partial charge in [0.25, 0.3) is 0 Å². The van der Waals surface area contributed by atoms with Crippen LogP contribution in [0.5, 0.6) is 5.75 Å². The molecule has 1 aromatic heterocycles. The monoisotopic (exact) mass is 188 g/mol. The lowest BCUT2D eigenvalue weighted by molar-refractivity contribution is 0.259. The van der Waals surface area contributed by atoms with Crippen molar-refractivity contribution in [3.8, 4) is 11.8 Å². The molecule has 0 N–H and O–H groups in total. The van der Waals surface area contributed by atoms with Crippen LogP contribution in [0.2, 0.25) is 0 Å². The van der Waals surface area contributed by atoms with Gasteiger partial charge in [-0.1, -0.05) is 6.92 Å². The van der Waals surface area contributed by atoms with E-state index >= 15 is 0 Å². The Kier molecular flexibility index (Phi) is 2.12. The average molecular weight is 188 g/mol. The molecule has 0 aliphatic heterocycles. The highest BCUT2D eigenvalue weighted by molar-refractivity contribution is 5.19. The van der Waals surface area contributed by atoms with Gasteiger partial charge in [0.2, 0.25) is 0 Å². The Hall–Kier alpha value is -1.56. The normalized spacial score (nSPS) is 29.3. The summed E-state index contributed by atoms with van der Waals surface area (Å²) in [6.07, 6.45) is 4.31. The molecule has 0 amide bonds. The molecule has 0 aromatic carbocycles. The lowest BCUT2D eigenvalue weighted by Gasteiger charge is -2.09. The van der Waals surface area contributed by atoms with Gasteiger partial charge >= 0.3 is 0 Å². The predicted octanol–water partition coefficient (Wildman–Crippen LogP) is 2.01. The summed E-state index contributed by atoms with van der Waals surface area (Å²) in [7, 11) is 0. The molecule has 72 valence electrons. The van der Waals surface area contributed by atoms with Crippen LogP contribution in [-0.4, -0.2) is 11.6 Å². The Balaban J connectivity index is 1.93. The van der Waals surface area contributed by atoms with Gasteiger partial charge < -0.3 is 4.74 Å². The maximum absolute atomic E-state index is 8.96. The summed E-state index contributed by atoms with van der Waals surface area (Å²) in [6.45, 7) is 2.56. The second-order valence-corrected chi connectivity index (χ2v) is 3.85. The smallest absolute Gasteiger partial charge is 0.137 e. The van der Waals surface area contributed by atoms with Crippen molar-refractivity contribution in [2.24, 2.45) is 11.3 Å². The number of ether oxygens (including phenoxy) is 1. The number of aromatic nitrogens is 1. The zero-order valence-corrected chi connectivity index (χ0v) is 8.10. The molecular formula is C11H12N2O. The molecule has 1 heterocycles. The van der Waals surface area contributed by atoms with Gasteiger partial charge in [0.15, 0.2) is 0 Å². The van der Waals surface area contributed by atoms with E-state index in [4.69, 9.17) is 10.00 Å². The van der Waals surface area contributed by atoms with Crippen LogP contribution < -0.4 is 4.74 Å². The molecule has 1 aliphatic carbocycles. The van der Waals surface area contributed by atoms with Crippen molar-refractivity contribution >= 4 is 0 Å². The van der Waals surface area contributed by atoms with Gasteiger partial charge in [0, 0.05) is 6.20 Å². The van der Waals surface area contributed by atoms with Gasteiger partial charge in [-0.25, -0.2) is 0 Å². The molecule has 0 radical (unpaired) electrons. The third-order valence-electron chi connectivity index (χ3n) is 2.81. The first-order valence-corrected chi connectivity index (χ1v) is 4.71. The number of nitrogens with zero attached hydrogens (tertiary/aromatic N) is 2. The van der Waals surface area contributed by atoms with Crippen molar-refractivity contribution in [3.63, 3.8) is 0 Å². The quantitative estimate of drug-likeness (QED) is 0.728. The van der Waals surface area contributed by atoms with Gasteiger partial charge in [-0.2, -0.15) is 5.26 Å². The fourth-order valence-corrected chi connectivity index (χ4v) is 1.52. The maximum atomic E-state index is 8.96. The predicted molar refractivity (Wildman–Crippen MR) is 51.6 cm³/mol. The highest BCUT2D eigenvalue weighted by Crippen LogP contribution is 2.51. The second-order valence-electron chi connectivity index (χ2n) is 3.85. The number of pyridine rings is 1. The number of hydrogen-bond acceptors (Lipinski definition) is 3. The Morgan fingerprint density at radius 3 is 3.07 bits per heavy atom. The molecule has 2 atom stereocenters. The Bertz CT molecular complexity index is 357. The van der Waals surface area contributed by atoms with E-state index in [0.717, 1.165) is 12.2 Å². The molecule has 14 heavy (non-hydrogen) atoms. The molecular weight excluding hydrogens is 176 g/mol. The van der Waals surface area contributed by atoms with Crippen LogP contribution in [0.3, 0.4) is 0 Å². The molecule has 1 fully saturated rings. The van der Waals surface area contributed by atoms with Crippen LogP contribution in [0.25, 0.3) is 0 Å². The fraction of sp³-hybridized carbons (Fsp3) is 0.455. The van der Waals surface area contributed by atoms with Crippen LogP contribution in [0.1, 0.15) is 13.3 Å². The summed E-state index contributed by atoms with van der Waals surface area (Å²) in [6, 6.07) is 6.00. The largest absolute Gasteiger partial charge is 0.490 e. The van der Waals surface area contributed by atoms with Crippen molar-refractivity contribution in [1.29, 1.82) is 5.26 Å². The van der Waals surface area contributed by atoms with E-state index in [0.29, 0.717) is 12.5 Å².